The molecule has 0 aliphatic carbocycles. The van der Waals surface area contributed by atoms with E-state index in [9.17, 15) is 13.2 Å². The second-order valence-electron chi connectivity index (χ2n) is 4.11. The zero-order chi connectivity index (χ0) is 14.8. The van der Waals surface area contributed by atoms with Crippen molar-refractivity contribution >= 4 is 27.3 Å². The molecule has 1 aromatic heterocycles. The summed E-state index contributed by atoms with van der Waals surface area (Å²) < 4.78 is 44.2. The van der Waals surface area contributed by atoms with Crippen LogP contribution in [0.1, 0.15) is 21.8 Å². The maximum Gasteiger partial charge on any atom is 0.419 e. The van der Waals surface area contributed by atoms with Crippen LogP contribution in [0.3, 0.4) is 0 Å². The van der Waals surface area contributed by atoms with E-state index < -0.39 is 11.7 Å². The number of aromatic nitrogens is 1. The van der Waals surface area contributed by atoms with Crippen LogP contribution in [-0.2, 0) is 18.1 Å². The number of aryl methyl sites for hydroxylation is 1. The first-order chi connectivity index (χ1) is 9.40. The van der Waals surface area contributed by atoms with Crippen molar-refractivity contribution in [2.75, 3.05) is 0 Å². The number of alkyl halides is 4. The average molecular weight is 366 g/mol. The van der Waals surface area contributed by atoms with Crippen molar-refractivity contribution in [3.05, 3.63) is 45.4 Å². The van der Waals surface area contributed by atoms with Gasteiger partial charge < -0.3 is 4.74 Å². The Hall–Kier alpha value is -1.08. The summed E-state index contributed by atoms with van der Waals surface area (Å²) in [7, 11) is 0. The first-order valence-corrected chi connectivity index (χ1v) is 7.70. The van der Waals surface area contributed by atoms with E-state index in [0.29, 0.717) is 16.6 Å². The third kappa shape index (κ3) is 3.73. The monoisotopic (exact) mass is 365 g/mol. The normalized spacial score (nSPS) is 11.7. The first kappa shape index (κ1) is 15.3. The van der Waals surface area contributed by atoms with Crippen molar-refractivity contribution in [2.24, 2.45) is 0 Å². The van der Waals surface area contributed by atoms with Gasteiger partial charge in [0.05, 0.1) is 16.3 Å². The van der Waals surface area contributed by atoms with Crippen LogP contribution in [0, 0.1) is 6.92 Å². The molecule has 0 unspecified atom stereocenters. The number of benzene rings is 1. The molecule has 1 aromatic carbocycles. The molecule has 0 spiro atoms. The summed E-state index contributed by atoms with van der Waals surface area (Å²) in [5, 5.41) is 2.99. The fourth-order valence-corrected chi connectivity index (χ4v) is 2.58. The van der Waals surface area contributed by atoms with Gasteiger partial charge in [0, 0.05) is 10.7 Å². The summed E-state index contributed by atoms with van der Waals surface area (Å²) in [5.74, 6) is -0.173. The lowest BCUT2D eigenvalue weighted by molar-refractivity contribution is -0.139. The van der Waals surface area contributed by atoms with Gasteiger partial charge in [-0.15, -0.1) is 11.3 Å². The Bertz CT molecular complexity index is 598. The summed E-state index contributed by atoms with van der Waals surface area (Å²) in [5.41, 5.74) is 0.417. The van der Waals surface area contributed by atoms with Crippen LogP contribution in [0.25, 0.3) is 0 Å². The number of halogens is 4. The number of thiazole rings is 1. The first-order valence-electron chi connectivity index (χ1n) is 5.70. The summed E-state index contributed by atoms with van der Waals surface area (Å²) in [6, 6.07) is 4.04. The maximum atomic E-state index is 13.0. The predicted octanol–water partition coefficient (Wildman–Crippen LogP) is 4.94. The second-order valence-corrected chi connectivity index (χ2v) is 5.73. The predicted molar refractivity (Wildman–Crippen MR) is 75.3 cm³/mol. The Morgan fingerprint density at radius 3 is 2.65 bits per heavy atom. The van der Waals surface area contributed by atoms with Crippen LogP contribution >= 0.6 is 27.3 Å². The van der Waals surface area contributed by atoms with E-state index in [1.165, 1.54) is 17.4 Å². The lowest BCUT2D eigenvalue weighted by Crippen LogP contribution is -2.09. The summed E-state index contributed by atoms with van der Waals surface area (Å²) >= 11 is 4.58. The smallest absolute Gasteiger partial charge is 0.419 e. The van der Waals surface area contributed by atoms with Gasteiger partial charge in [0.1, 0.15) is 12.4 Å². The van der Waals surface area contributed by atoms with Gasteiger partial charge in [-0.3, -0.25) is 0 Å². The van der Waals surface area contributed by atoms with E-state index in [-0.39, 0.29) is 12.4 Å². The van der Waals surface area contributed by atoms with Gasteiger partial charge in [-0.05, 0) is 24.6 Å². The fourth-order valence-electron chi connectivity index (χ4n) is 1.63. The van der Waals surface area contributed by atoms with Gasteiger partial charge in [0.15, 0.2) is 0 Å². The molecule has 0 saturated carbocycles. The standard InChI is InChI=1S/C13H11BrF3NOS/c1-8-18-10(7-20-8)6-19-12-3-2-9(5-14)4-11(12)13(15,16)17/h2-4,7H,5-6H2,1H3. The molecule has 2 aromatic rings. The minimum atomic E-state index is -4.44. The van der Waals surface area contributed by atoms with Gasteiger partial charge in [0.25, 0.3) is 0 Å². The van der Waals surface area contributed by atoms with Gasteiger partial charge in [-0.2, -0.15) is 13.2 Å². The van der Waals surface area contributed by atoms with Crippen LogP contribution in [0.2, 0.25) is 0 Å². The Morgan fingerprint density at radius 1 is 1.35 bits per heavy atom. The molecule has 0 saturated heterocycles. The largest absolute Gasteiger partial charge is 0.487 e. The van der Waals surface area contributed by atoms with Crippen molar-refractivity contribution in [2.45, 2.75) is 25.0 Å². The molecule has 7 heteroatoms. The number of hydrogen-bond donors (Lipinski definition) is 0. The number of ether oxygens (including phenoxy) is 1. The van der Waals surface area contributed by atoms with E-state index in [1.54, 1.807) is 11.4 Å². The molecule has 108 valence electrons. The highest BCUT2D eigenvalue weighted by Crippen LogP contribution is 2.37. The molecule has 2 rings (SSSR count). The van der Waals surface area contributed by atoms with E-state index in [2.05, 4.69) is 20.9 Å². The third-order valence-electron chi connectivity index (χ3n) is 2.55. The SMILES string of the molecule is Cc1nc(COc2ccc(CBr)cc2C(F)(F)F)cs1. The quantitative estimate of drug-likeness (QED) is 0.715. The van der Waals surface area contributed by atoms with Crippen molar-refractivity contribution in [3.63, 3.8) is 0 Å². The maximum absolute atomic E-state index is 13.0. The molecule has 0 aliphatic rings. The summed E-state index contributed by atoms with van der Waals surface area (Å²) in [4.78, 5) is 4.16. The third-order valence-corrected chi connectivity index (χ3v) is 4.02. The molecular formula is C13H11BrF3NOS. The van der Waals surface area contributed by atoms with Crippen LogP contribution in [0.5, 0.6) is 5.75 Å². The summed E-state index contributed by atoms with van der Waals surface area (Å²) in [6.45, 7) is 1.86. The minimum Gasteiger partial charge on any atom is -0.487 e. The van der Waals surface area contributed by atoms with E-state index in [0.717, 1.165) is 11.1 Å². The molecule has 1 heterocycles. The number of hydrogen-bond acceptors (Lipinski definition) is 3. The van der Waals surface area contributed by atoms with Gasteiger partial charge >= 0.3 is 6.18 Å². The van der Waals surface area contributed by atoms with Crippen molar-refractivity contribution in [1.82, 2.24) is 4.98 Å². The molecule has 2 nitrogen and oxygen atoms in total. The lowest BCUT2D eigenvalue weighted by atomic mass is 10.1. The molecule has 0 N–H and O–H groups in total. The number of rotatable bonds is 4. The lowest BCUT2D eigenvalue weighted by Gasteiger charge is -2.14. The van der Waals surface area contributed by atoms with Crippen LogP contribution in [-0.4, -0.2) is 4.98 Å². The van der Waals surface area contributed by atoms with E-state index in [4.69, 9.17) is 4.74 Å². The molecule has 0 aliphatic heterocycles. The molecule has 0 atom stereocenters. The van der Waals surface area contributed by atoms with E-state index in [1.807, 2.05) is 6.92 Å². The summed E-state index contributed by atoms with van der Waals surface area (Å²) in [6.07, 6.45) is -4.44. The van der Waals surface area contributed by atoms with Crippen molar-refractivity contribution < 1.29 is 17.9 Å². The molecular weight excluding hydrogens is 355 g/mol. The topological polar surface area (TPSA) is 22.1 Å². The van der Waals surface area contributed by atoms with Crippen LogP contribution < -0.4 is 4.74 Å². The second kappa shape index (κ2) is 6.13. The highest BCUT2D eigenvalue weighted by Gasteiger charge is 2.34. The van der Waals surface area contributed by atoms with E-state index >= 15 is 0 Å². The molecule has 0 radical (unpaired) electrons. The molecule has 0 bridgehead atoms. The Kier molecular flexibility index (Phi) is 4.70. The van der Waals surface area contributed by atoms with Crippen molar-refractivity contribution in [1.29, 1.82) is 0 Å². The highest BCUT2D eigenvalue weighted by atomic mass is 79.9. The minimum absolute atomic E-state index is 0.0288. The Balaban J connectivity index is 2.22. The average Bonchev–Trinajstić information content (AvgIpc) is 2.81. The Morgan fingerprint density at radius 2 is 2.10 bits per heavy atom. The highest BCUT2D eigenvalue weighted by molar-refractivity contribution is 9.08. The Labute approximate surface area is 126 Å². The van der Waals surface area contributed by atoms with Crippen LogP contribution in [0.15, 0.2) is 23.6 Å². The zero-order valence-corrected chi connectivity index (χ0v) is 12.9. The van der Waals surface area contributed by atoms with Gasteiger partial charge in [0.2, 0.25) is 0 Å². The van der Waals surface area contributed by atoms with Gasteiger partial charge in [-0.25, -0.2) is 4.98 Å². The van der Waals surface area contributed by atoms with Crippen LogP contribution in [0.4, 0.5) is 13.2 Å². The zero-order valence-electron chi connectivity index (χ0n) is 10.5. The van der Waals surface area contributed by atoms with Crippen molar-refractivity contribution in [3.8, 4) is 5.75 Å². The molecule has 0 amide bonds. The molecule has 20 heavy (non-hydrogen) atoms. The van der Waals surface area contributed by atoms with Gasteiger partial charge in [-0.1, -0.05) is 22.0 Å². The fraction of sp³-hybridized carbons (Fsp3) is 0.308. The number of nitrogens with zero attached hydrogens (tertiary/aromatic N) is 1. The molecule has 0 fully saturated rings.